The van der Waals surface area contributed by atoms with E-state index in [2.05, 4.69) is 107 Å². The second kappa shape index (κ2) is 15.3. The summed E-state index contributed by atoms with van der Waals surface area (Å²) in [6.45, 7) is 6.83. The molecule has 8 bridgehead atoms. The van der Waals surface area contributed by atoms with E-state index in [1.54, 1.807) is 0 Å². The zero-order valence-corrected chi connectivity index (χ0v) is 28.5. The molecule has 0 aliphatic carbocycles. The number of nitrogens with one attached hydrogen (secondary N) is 4. The van der Waals surface area contributed by atoms with Gasteiger partial charge in [0, 0.05) is 55.3 Å². The molecule has 6 rings (SSSR count). The van der Waals surface area contributed by atoms with Gasteiger partial charge in [-0.2, -0.15) is 0 Å². The summed E-state index contributed by atoms with van der Waals surface area (Å²) < 4.78 is 0. The summed E-state index contributed by atoms with van der Waals surface area (Å²) in [6.07, 6.45) is 19.6. The summed E-state index contributed by atoms with van der Waals surface area (Å²) in [5.41, 5.74) is 11.9. The number of aromatic amines is 4. The van der Waals surface area contributed by atoms with E-state index in [4.69, 9.17) is 6.42 Å². The van der Waals surface area contributed by atoms with Crippen LogP contribution in [0.15, 0.2) is 72.8 Å². The van der Waals surface area contributed by atoms with Gasteiger partial charge in [0.25, 0.3) is 0 Å². The molecule has 1 aliphatic heterocycles. The average molecular weight is 623 g/mol. The third-order valence-electron chi connectivity index (χ3n) is 9.66. The number of H-pyrrole nitrogens is 4. The van der Waals surface area contributed by atoms with Crippen molar-refractivity contribution in [3.63, 3.8) is 0 Å². The van der Waals surface area contributed by atoms with E-state index in [9.17, 15) is 0 Å². The largest absolute Gasteiger partial charge is 0.355 e. The molecule has 1 aromatic carbocycles. The lowest BCUT2D eigenvalue weighted by atomic mass is 10.0. The molecule has 5 heterocycles. The first-order valence-corrected chi connectivity index (χ1v) is 17.9. The van der Waals surface area contributed by atoms with Crippen molar-refractivity contribution in [1.29, 1.82) is 0 Å². The number of aromatic nitrogens is 4. The molecule has 0 radical (unpaired) electrons. The van der Waals surface area contributed by atoms with Crippen LogP contribution < -0.4 is 21.4 Å². The van der Waals surface area contributed by atoms with Gasteiger partial charge < -0.3 is 19.9 Å². The highest BCUT2D eigenvalue weighted by Crippen LogP contribution is 2.26. The fourth-order valence-corrected chi connectivity index (χ4v) is 7.02. The number of hydrogen-bond donors (Lipinski definition) is 4. The number of hydrogen-bond acceptors (Lipinski definition) is 0. The molecule has 0 atom stereocenters. The predicted octanol–water partition coefficient (Wildman–Crippen LogP) is 7.88. The van der Waals surface area contributed by atoms with Crippen LogP contribution in [-0.2, 0) is 0 Å². The van der Waals surface area contributed by atoms with Crippen LogP contribution in [0, 0.1) is 12.3 Å². The summed E-state index contributed by atoms with van der Waals surface area (Å²) in [7, 11) is 0. The quantitative estimate of drug-likeness (QED) is 0.0763. The Hall–Kier alpha value is -4.62. The van der Waals surface area contributed by atoms with E-state index in [0.29, 0.717) is 0 Å². The normalized spacial score (nSPS) is 13.0. The maximum absolute atomic E-state index is 5.74. The van der Waals surface area contributed by atoms with Gasteiger partial charge in [-0.3, -0.25) is 0 Å². The Morgan fingerprint density at radius 1 is 0.447 bits per heavy atom. The highest BCUT2D eigenvalue weighted by atomic mass is 14.8. The van der Waals surface area contributed by atoms with E-state index < -0.39 is 0 Å². The minimum Gasteiger partial charge on any atom is -0.355 e. The molecule has 4 N–H and O–H groups in total. The lowest BCUT2D eigenvalue weighted by Crippen LogP contribution is -2.18. The fourth-order valence-electron chi connectivity index (χ4n) is 7.02. The van der Waals surface area contributed by atoms with Crippen LogP contribution in [0.5, 0.6) is 0 Å². The van der Waals surface area contributed by atoms with Gasteiger partial charge >= 0.3 is 0 Å². The summed E-state index contributed by atoms with van der Waals surface area (Å²) in [6, 6.07) is 26.6. The van der Waals surface area contributed by atoms with Gasteiger partial charge in [-0.1, -0.05) is 77.3 Å². The van der Waals surface area contributed by atoms with Crippen LogP contribution in [0.1, 0.15) is 132 Å². The molecule has 1 aliphatic rings. The zero-order valence-electron chi connectivity index (χ0n) is 28.5. The van der Waals surface area contributed by atoms with Gasteiger partial charge in [0.1, 0.15) is 0 Å². The minimum atomic E-state index is 0.885. The van der Waals surface area contributed by atoms with Crippen LogP contribution in [0.25, 0.3) is 22.3 Å². The van der Waals surface area contributed by atoms with Crippen molar-refractivity contribution in [1.82, 2.24) is 19.9 Å². The van der Waals surface area contributed by atoms with Gasteiger partial charge in [0.15, 0.2) is 0 Å². The molecule has 0 saturated carbocycles. The van der Waals surface area contributed by atoms with E-state index >= 15 is 0 Å². The molecule has 4 aromatic heterocycles. The maximum atomic E-state index is 5.74. The first kappa shape index (κ1) is 32.3. The molecule has 242 valence electrons. The number of unbranched alkanes of at least 4 members (excludes halogenated alkanes) is 6. The third-order valence-corrected chi connectivity index (χ3v) is 9.66. The van der Waals surface area contributed by atoms with Crippen LogP contribution in [0.4, 0.5) is 0 Å². The number of benzene rings is 1. The Morgan fingerprint density at radius 2 is 0.851 bits per heavy atom. The lowest BCUT2D eigenvalue weighted by molar-refractivity contribution is 0.730. The first-order valence-electron chi connectivity index (χ1n) is 17.9. The van der Waals surface area contributed by atoms with Crippen molar-refractivity contribution >= 4 is 22.3 Å². The van der Waals surface area contributed by atoms with Gasteiger partial charge in [-0.15, -0.1) is 6.42 Å². The first-order chi connectivity index (χ1) is 23.1. The molecule has 0 fully saturated rings. The van der Waals surface area contributed by atoms with Crippen LogP contribution in [0.3, 0.4) is 0 Å². The molecule has 47 heavy (non-hydrogen) atoms. The Kier molecular flexibility index (Phi) is 10.5. The van der Waals surface area contributed by atoms with Crippen molar-refractivity contribution in [3.05, 3.63) is 128 Å². The molecule has 0 saturated heterocycles. The summed E-state index contributed by atoms with van der Waals surface area (Å²) in [4.78, 5) is 15.6. The summed E-state index contributed by atoms with van der Waals surface area (Å²) in [5.74, 6) is 2.78. The zero-order chi connectivity index (χ0) is 32.6. The van der Waals surface area contributed by atoms with Gasteiger partial charge in [-0.05, 0) is 121 Å². The van der Waals surface area contributed by atoms with Crippen molar-refractivity contribution in [2.75, 3.05) is 0 Å². The highest BCUT2D eigenvalue weighted by molar-refractivity contribution is 5.79. The standard InChI is InChI=1S/C43H50N4/c1-5-9-12-15-32-35-22-24-37(44-35)33(16-13-10-6-2)39-26-28-41(46-39)43(31-20-18-30(8-4)19-21-31)42-29-27-40(47-42)34(17-14-11-7-3)38-25-23-36(32)45-38/h4,18-29,44-47H,5-7,9-17H2,1-3H3. The maximum Gasteiger partial charge on any atom is 0.0485 e. The fraction of sp³-hybridized carbons (Fsp3) is 0.349. The molecule has 4 heteroatoms. The Balaban J connectivity index is 1.65. The van der Waals surface area contributed by atoms with Crippen molar-refractivity contribution in [3.8, 4) is 12.3 Å². The van der Waals surface area contributed by atoms with Crippen LogP contribution >= 0.6 is 0 Å². The minimum absolute atomic E-state index is 0.885. The molecule has 0 unspecified atom stereocenters. The second-order valence-corrected chi connectivity index (χ2v) is 13.0. The Morgan fingerprint density at radius 3 is 1.30 bits per heavy atom. The Bertz CT molecular complexity index is 2080. The lowest BCUT2D eigenvalue weighted by Gasteiger charge is -2.09. The molecular formula is C43H50N4. The van der Waals surface area contributed by atoms with Crippen molar-refractivity contribution in [2.24, 2.45) is 0 Å². The smallest absolute Gasteiger partial charge is 0.0485 e. The predicted molar refractivity (Wildman–Crippen MR) is 198 cm³/mol. The van der Waals surface area contributed by atoms with Crippen molar-refractivity contribution < 1.29 is 0 Å². The Labute approximate surface area is 279 Å². The molecule has 0 amide bonds. The van der Waals surface area contributed by atoms with Gasteiger partial charge in [0.05, 0.1) is 0 Å². The van der Waals surface area contributed by atoms with Crippen molar-refractivity contribution in [2.45, 2.75) is 97.8 Å². The molecule has 0 spiro atoms. The molecule has 4 nitrogen and oxygen atoms in total. The number of rotatable bonds is 13. The summed E-state index contributed by atoms with van der Waals surface area (Å²) >= 11 is 0. The topological polar surface area (TPSA) is 63.2 Å². The number of fused-ring (bicyclic) bond motifs is 8. The van der Waals surface area contributed by atoms with E-state index in [0.717, 1.165) is 59.8 Å². The van der Waals surface area contributed by atoms with E-state index in [1.807, 2.05) is 12.1 Å². The van der Waals surface area contributed by atoms with E-state index in [-0.39, 0.29) is 0 Å². The average Bonchev–Trinajstić information content (AvgIpc) is 3.93. The van der Waals surface area contributed by atoms with E-state index in [1.165, 1.54) is 94.8 Å². The second-order valence-electron chi connectivity index (χ2n) is 13.0. The molecule has 5 aromatic rings. The SMILES string of the molecule is C#Cc1ccc(C2=c3ccc([nH]3)=C(CCCCC)c3ccc([nH]3)C(CCCCC)=c3ccc([nH]3)=C(CCCCC)c3ccc2[nH]3)cc1. The van der Waals surface area contributed by atoms with Crippen LogP contribution in [0.2, 0.25) is 0 Å². The molecular weight excluding hydrogens is 573 g/mol. The monoisotopic (exact) mass is 622 g/mol. The highest BCUT2D eigenvalue weighted by Gasteiger charge is 2.16. The van der Waals surface area contributed by atoms with Crippen LogP contribution in [-0.4, -0.2) is 19.9 Å². The van der Waals surface area contributed by atoms with Gasteiger partial charge in [0.2, 0.25) is 0 Å². The third kappa shape index (κ3) is 7.20. The number of terminal acetylenes is 1. The summed E-state index contributed by atoms with van der Waals surface area (Å²) in [5, 5.41) is 4.68. The van der Waals surface area contributed by atoms with Gasteiger partial charge in [-0.25, -0.2) is 0 Å².